The molecule has 3 aliphatic rings. The fourth-order valence-electron chi connectivity index (χ4n) is 3.66. The van der Waals surface area contributed by atoms with Crippen LogP contribution in [-0.4, -0.2) is 51.8 Å². The molecule has 4 rings (SSSR count). The predicted molar refractivity (Wildman–Crippen MR) is 102 cm³/mol. The zero-order valence-electron chi connectivity index (χ0n) is 14.2. The van der Waals surface area contributed by atoms with Gasteiger partial charge < -0.3 is 10.0 Å². The van der Waals surface area contributed by atoms with Gasteiger partial charge in [-0.15, -0.1) is 11.8 Å². The number of halogens is 1. The molecule has 1 N–H and O–H groups in total. The number of amides is 1. The number of carbonyl (C=O) groups excluding carboxylic acids is 1. The van der Waals surface area contributed by atoms with Gasteiger partial charge in [0.1, 0.15) is 11.5 Å². The summed E-state index contributed by atoms with van der Waals surface area (Å²) >= 11 is 2.85. The number of nitrogens with zero attached hydrogens (tertiary/aromatic N) is 2. The first-order valence-corrected chi connectivity index (χ1v) is 10.3. The predicted octanol–water partition coefficient (Wildman–Crippen LogP) is 3.14. The van der Waals surface area contributed by atoms with Crippen LogP contribution in [0.5, 0.6) is 0 Å². The molecule has 1 unspecified atom stereocenters. The van der Waals surface area contributed by atoms with Gasteiger partial charge in [-0.3, -0.25) is 9.69 Å². The molecule has 26 heavy (non-hydrogen) atoms. The Morgan fingerprint density at radius 1 is 1.38 bits per heavy atom. The fourth-order valence-corrected chi connectivity index (χ4v) is 6.97. The van der Waals surface area contributed by atoms with Gasteiger partial charge in [-0.25, -0.2) is 9.18 Å². The Labute approximate surface area is 159 Å². The quantitative estimate of drug-likeness (QED) is 0.775. The number of para-hydroxylation sites is 1. The molecule has 138 valence electrons. The van der Waals surface area contributed by atoms with Crippen molar-refractivity contribution in [2.24, 2.45) is 5.92 Å². The highest BCUT2D eigenvalue weighted by atomic mass is 32.2. The highest BCUT2D eigenvalue weighted by Gasteiger charge is 2.58. The summed E-state index contributed by atoms with van der Waals surface area (Å²) in [6, 6.07) is 10.1. The summed E-state index contributed by atoms with van der Waals surface area (Å²) in [4.78, 5) is 27.4. The highest BCUT2D eigenvalue weighted by molar-refractivity contribution is 8.23. The van der Waals surface area contributed by atoms with E-state index >= 15 is 0 Å². The number of aliphatic carboxylic acids is 1. The number of benzene rings is 1. The van der Waals surface area contributed by atoms with Crippen LogP contribution in [0.1, 0.15) is 13.3 Å². The molecule has 5 nitrogen and oxygen atoms in total. The van der Waals surface area contributed by atoms with E-state index in [1.54, 1.807) is 0 Å². The van der Waals surface area contributed by atoms with Crippen molar-refractivity contribution in [3.8, 4) is 0 Å². The van der Waals surface area contributed by atoms with Crippen LogP contribution in [0.3, 0.4) is 0 Å². The van der Waals surface area contributed by atoms with Crippen LogP contribution in [0, 0.1) is 5.92 Å². The second-order valence-corrected chi connectivity index (χ2v) is 9.37. The van der Waals surface area contributed by atoms with E-state index in [4.69, 9.17) is 0 Å². The van der Waals surface area contributed by atoms with E-state index in [1.165, 1.54) is 35.3 Å². The fraction of sp³-hybridized carbons (Fsp3) is 0.444. The average molecular weight is 394 g/mol. The number of hydrogen-bond donors (Lipinski definition) is 1. The first-order valence-electron chi connectivity index (χ1n) is 8.55. The Balaban J connectivity index is 1.48. The molecule has 8 heteroatoms. The Bertz CT molecular complexity index is 771. The van der Waals surface area contributed by atoms with E-state index in [9.17, 15) is 19.1 Å². The van der Waals surface area contributed by atoms with E-state index in [1.807, 2.05) is 18.2 Å². The summed E-state index contributed by atoms with van der Waals surface area (Å²) in [7, 11) is 0. The van der Waals surface area contributed by atoms with E-state index in [0.29, 0.717) is 4.24 Å². The average Bonchev–Trinajstić information content (AvgIpc) is 3.19. The molecule has 0 aliphatic carbocycles. The van der Waals surface area contributed by atoms with Crippen LogP contribution in [0.25, 0.3) is 0 Å². The molecule has 1 amide bonds. The van der Waals surface area contributed by atoms with Crippen LogP contribution < -0.4 is 4.90 Å². The lowest BCUT2D eigenvalue weighted by Gasteiger charge is -2.42. The largest absolute Gasteiger partial charge is 0.477 e. The molecule has 1 aromatic rings. The summed E-state index contributed by atoms with van der Waals surface area (Å²) in [5, 5.41) is 9.41. The van der Waals surface area contributed by atoms with Gasteiger partial charge in [0.2, 0.25) is 5.91 Å². The maximum Gasteiger partial charge on any atom is 0.354 e. The number of fused-ring (bicyclic) bond motifs is 1. The summed E-state index contributed by atoms with van der Waals surface area (Å²) in [5.74, 6) is -2.27. The number of anilines is 1. The topological polar surface area (TPSA) is 60.9 Å². The first kappa shape index (κ1) is 17.7. The summed E-state index contributed by atoms with van der Waals surface area (Å²) < 4.78 is 14.3. The third-order valence-electron chi connectivity index (χ3n) is 4.98. The van der Waals surface area contributed by atoms with Crippen LogP contribution >= 0.6 is 23.5 Å². The number of carboxylic acid groups (broad SMARTS) is 1. The zero-order valence-corrected chi connectivity index (χ0v) is 15.8. The summed E-state index contributed by atoms with van der Waals surface area (Å²) in [6.07, 6.45) is -0.325. The van der Waals surface area contributed by atoms with Crippen molar-refractivity contribution in [1.82, 2.24) is 4.90 Å². The molecule has 0 aromatic heterocycles. The molecule has 0 bridgehead atoms. The van der Waals surface area contributed by atoms with E-state index in [2.05, 4.69) is 17.0 Å². The van der Waals surface area contributed by atoms with Crippen molar-refractivity contribution in [2.75, 3.05) is 18.0 Å². The molecule has 2 fully saturated rings. The number of β-lactam (4-membered cyclic amide) rings is 1. The van der Waals surface area contributed by atoms with E-state index in [0.717, 1.165) is 25.2 Å². The van der Waals surface area contributed by atoms with Gasteiger partial charge in [-0.2, -0.15) is 0 Å². The highest BCUT2D eigenvalue weighted by Crippen LogP contribution is 2.55. The molecule has 4 atom stereocenters. The van der Waals surface area contributed by atoms with Crippen molar-refractivity contribution in [1.29, 1.82) is 0 Å². The maximum atomic E-state index is 13.7. The molecule has 0 spiro atoms. The monoisotopic (exact) mass is 394 g/mol. The zero-order chi connectivity index (χ0) is 18.4. The number of carbonyl (C=O) groups is 2. The first-order chi connectivity index (χ1) is 12.5. The molecule has 0 saturated carbocycles. The Hall–Kier alpha value is -1.67. The van der Waals surface area contributed by atoms with Crippen molar-refractivity contribution in [3.63, 3.8) is 0 Å². The van der Waals surface area contributed by atoms with Crippen LogP contribution in [0.15, 0.2) is 40.3 Å². The number of hydrogen-bond acceptors (Lipinski definition) is 5. The molecule has 3 heterocycles. The smallest absolute Gasteiger partial charge is 0.354 e. The van der Waals surface area contributed by atoms with Gasteiger partial charge in [0.25, 0.3) is 0 Å². The molecular weight excluding hydrogens is 375 g/mol. The standard InChI is InChI=1S/C18H19FN2O3S2/c1-10(19)13-15(22)21-14(17(23)24)18(26-16(13)21)25-12-7-8-20(9-12)11-5-3-2-4-6-11/h2-6,10,12-13,16H,7-9H2,1H3,(H,23,24)/t10-,12?,13-,16+/m0/s1. The third-order valence-corrected chi connectivity index (χ3v) is 7.84. The van der Waals surface area contributed by atoms with E-state index < -0.39 is 29.3 Å². The second-order valence-electron chi connectivity index (χ2n) is 6.67. The minimum absolute atomic E-state index is 0.0325. The maximum absolute atomic E-state index is 13.7. The molecule has 3 aliphatic heterocycles. The number of carboxylic acids is 1. The van der Waals surface area contributed by atoms with Gasteiger partial charge in [-0.05, 0) is 25.5 Å². The Kier molecular flexibility index (Phi) is 4.64. The molecule has 0 radical (unpaired) electrons. The lowest BCUT2D eigenvalue weighted by Crippen LogP contribution is -2.60. The van der Waals surface area contributed by atoms with Crippen molar-refractivity contribution in [2.45, 2.75) is 30.1 Å². The van der Waals surface area contributed by atoms with Crippen LogP contribution in [0.4, 0.5) is 10.1 Å². The third kappa shape index (κ3) is 2.89. The Morgan fingerprint density at radius 2 is 2.12 bits per heavy atom. The minimum atomic E-state index is -1.27. The van der Waals surface area contributed by atoms with Gasteiger partial charge in [0.05, 0.1) is 10.2 Å². The number of thioether (sulfide) groups is 2. The van der Waals surface area contributed by atoms with E-state index in [-0.39, 0.29) is 10.9 Å². The normalized spacial score (nSPS) is 29.0. The minimum Gasteiger partial charge on any atom is -0.477 e. The lowest BCUT2D eigenvalue weighted by atomic mass is 9.93. The van der Waals surface area contributed by atoms with Crippen molar-refractivity contribution in [3.05, 3.63) is 40.3 Å². The Morgan fingerprint density at radius 3 is 2.77 bits per heavy atom. The van der Waals surface area contributed by atoms with Gasteiger partial charge in [-0.1, -0.05) is 30.0 Å². The summed E-state index contributed by atoms with van der Waals surface area (Å²) in [6.45, 7) is 3.10. The van der Waals surface area contributed by atoms with Crippen molar-refractivity contribution >= 4 is 41.1 Å². The molecule has 1 aromatic carbocycles. The molecule has 2 saturated heterocycles. The van der Waals surface area contributed by atoms with Crippen LogP contribution in [0.2, 0.25) is 0 Å². The van der Waals surface area contributed by atoms with Gasteiger partial charge >= 0.3 is 5.97 Å². The number of rotatable bonds is 5. The summed E-state index contributed by atoms with van der Waals surface area (Å²) in [5.41, 5.74) is 1.19. The second kappa shape index (κ2) is 6.81. The van der Waals surface area contributed by atoms with Crippen LogP contribution in [-0.2, 0) is 9.59 Å². The number of alkyl halides is 1. The van der Waals surface area contributed by atoms with Gasteiger partial charge in [0, 0.05) is 24.0 Å². The lowest BCUT2D eigenvalue weighted by molar-refractivity contribution is -0.154. The van der Waals surface area contributed by atoms with Gasteiger partial charge in [0.15, 0.2) is 5.70 Å². The molecular formula is C18H19FN2O3S2. The SMILES string of the molecule is C[C@H](F)[C@H]1C(=O)N2C(C(=O)O)=C(SC3CCN(c4ccccc4)C3)S[C@H]12. The van der Waals surface area contributed by atoms with Crippen molar-refractivity contribution < 1.29 is 19.1 Å².